The van der Waals surface area contributed by atoms with Crippen LogP contribution in [0.5, 0.6) is 0 Å². The van der Waals surface area contributed by atoms with Crippen LogP contribution in [0.3, 0.4) is 0 Å². The highest BCUT2D eigenvalue weighted by Gasteiger charge is 2.28. The van der Waals surface area contributed by atoms with E-state index in [4.69, 9.17) is 34.4 Å². The van der Waals surface area contributed by atoms with Crippen LogP contribution in [0, 0.1) is 0 Å². The van der Waals surface area contributed by atoms with Crippen molar-refractivity contribution in [3.63, 3.8) is 0 Å². The molecule has 13 N–H and O–H groups in total. The number of allylic oxidation sites excluding steroid dienone is 4. The molecule has 0 aromatic carbocycles. The van der Waals surface area contributed by atoms with Gasteiger partial charge < -0.3 is 49.5 Å². The van der Waals surface area contributed by atoms with Crippen molar-refractivity contribution in [1.82, 2.24) is 15.1 Å². The minimum absolute atomic E-state index is 0.0986. The molecule has 2 heterocycles. The maximum Gasteiger partial charge on any atom is 0.259 e. The van der Waals surface area contributed by atoms with Crippen molar-refractivity contribution in [2.75, 3.05) is 26.2 Å². The van der Waals surface area contributed by atoms with Gasteiger partial charge in [0.1, 0.15) is 5.82 Å². The number of nitrogens with one attached hydrogen (secondary N) is 1. The third-order valence-corrected chi connectivity index (χ3v) is 5.50. The minimum Gasteiger partial charge on any atom is -0.385 e. The summed E-state index contributed by atoms with van der Waals surface area (Å²) in [6, 6.07) is -0.476. The summed E-state index contributed by atoms with van der Waals surface area (Å²) in [6.07, 6.45) is 9.91. The van der Waals surface area contributed by atoms with Crippen molar-refractivity contribution < 1.29 is 4.79 Å². The number of piperidine rings is 2. The highest BCUT2D eigenvalue weighted by molar-refractivity contribution is 5.98. The predicted molar refractivity (Wildman–Crippen MR) is 129 cm³/mol. The van der Waals surface area contributed by atoms with Gasteiger partial charge in [0.15, 0.2) is 0 Å². The summed E-state index contributed by atoms with van der Waals surface area (Å²) in [6.45, 7) is 7.70. The van der Waals surface area contributed by atoms with E-state index in [1.165, 1.54) is 0 Å². The highest BCUT2D eigenvalue weighted by atomic mass is 16.1. The largest absolute Gasteiger partial charge is 0.385 e. The standard InChI is InChI=1S/C22H39N9O/c1-3-5-6-18(4-2)29-22(32)19(21(28)31-12-16(25)8-17(26)13-31)9-20(27)30-10-14(23)7-15(24)11-30/h3-6,9,14-17H,2,7-8,10-13,23-28H2,1H3,(H,29,32)/b5-3-,18-6+,20-9+,21-19-. The molecule has 178 valence electrons. The van der Waals surface area contributed by atoms with Gasteiger partial charge in [0, 0.05) is 56.0 Å². The van der Waals surface area contributed by atoms with Gasteiger partial charge in [-0.1, -0.05) is 18.7 Å². The molecule has 0 spiro atoms. The number of carbonyl (C=O) groups excluding carboxylic acids is 1. The second-order valence-electron chi connectivity index (χ2n) is 8.50. The van der Waals surface area contributed by atoms with Gasteiger partial charge in [0.2, 0.25) is 0 Å². The first-order valence-electron chi connectivity index (χ1n) is 10.9. The third kappa shape index (κ3) is 7.13. The minimum atomic E-state index is -0.417. The van der Waals surface area contributed by atoms with E-state index in [1.807, 2.05) is 22.8 Å². The molecule has 0 aromatic heterocycles. The zero-order valence-corrected chi connectivity index (χ0v) is 18.9. The lowest BCUT2D eigenvalue weighted by molar-refractivity contribution is -0.116. The van der Waals surface area contributed by atoms with Crippen LogP contribution < -0.4 is 39.7 Å². The molecule has 0 bridgehead atoms. The van der Waals surface area contributed by atoms with Crippen molar-refractivity contribution in [2.24, 2.45) is 34.4 Å². The van der Waals surface area contributed by atoms with Gasteiger partial charge in [0.05, 0.1) is 11.4 Å². The Morgan fingerprint density at radius 3 is 1.91 bits per heavy atom. The Morgan fingerprint density at radius 2 is 1.44 bits per heavy atom. The molecular weight excluding hydrogens is 406 g/mol. The Morgan fingerprint density at radius 1 is 0.938 bits per heavy atom. The molecule has 10 heteroatoms. The summed E-state index contributed by atoms with van der Waals surface area (Å²) in [5, 5.41) is 2.83. The molecule has 0 radical (unpaired) electrons. The van der Waals surface area contributed by atoms with Crippen LogP contribution in [-0.2, 0) is 4.79 Å². The summed E-state index contributed by atoms with van der Waals surface area (Å²) >= 11 is 0. The topological polar surface area (TPSA) is 192 Å². The molecule has 2 fully saturated rings. The van der Waals surface area contributed by atoms with E-state index in [1.54, 1.807) is 24.3 Å². The Bertz CT molecular complexity index is 781. The monoisotopic (exact) mass is 445 g/mol. The molecular formula is C22H39N9O. The Kier molecular flexibility index (Phi) is 9.33. The van der Waals surface area contributed by atoms with E-state index < -0.39 is 5.91 Å². The lowest BCUT2D eigenvalue weighted by atomic mass is 10.0. The Hall–Kier alpha value is -2.79. The summed E-state index contributed by atoms with van der Waals surface area (Å²) in [5.74, 6) is 0.211. The molecule has 4 unspecified atom stereocenters. The maximum atomic E-state index is 13.3. The average Bonchev–Trinajstić information content (AvgIpc) is 2.72. The molecule has 1 amide bonds. The molecule has 32 heavy (non-hydrogen) atoms. The van der Waals surface area contributed by atoms with E-state index in [0.29, 0.717) is 44.1 Å². The average molecular weight is 446 g/mol. The lowest BCUT2D eigenvalue weighted by Crippen LogP contribution is -2.53. The van der Waals surface area contributed by atoms with Gasteiger partial charge in [0.25, 0.3) is 5.91 Å². The zero-order valence-electron chi connectivity index (χ0n) is 18.9. The highest BCUT2D eigenvalue weighted by Crippen LogP contribution is 2.18. The van der Waals surface area contributed by atoms with Crippen molar-refractivity contribution in [3.05, 3.63) is 59.9 Å². The molecule has 0 aromatic rings. The SMILES string of the molecule is C=C/C(=C\C=C/C)NC(=O)C(/C=C(\N)N1CC(N)CC(N)C1)=C(/N)N1CC(N)CC(N)C1. The molecule has 2 saturated heterocycles. The van der Waals surface area contributed by atoms with Crippen molar-refractivity contribution in [1.29, 1.82) is 0 Å². The third-order valence-electron chi connectivity index (χ3n) is 5.50. The van der Waals surface area contributed by atoms with Crippen LogP contribution in [0.4, 0.5) is 0 Å². The summed E-state index contributed by atoms with van der Waals surface area (Å²) in [5.41, 5.74) is 38.0. The molecule has 2 aliphatic heterocycles. The molecule has 2 aliphatic rings. The number of hydrogen-bond donors (Lipinski definition) is 7. The lowest BCUT2D eigenvalue weighted by Gasteiger charge is -2.37. The summed E-state index contributed by atoms with van der Waals surface area (Å²) < 4.78 is 0. The van der Waals surface area contributed by atoms with Gasteiger partial charge in [-0.05, 0) is 38.0 Å². The van der Waals surface area contributed by atoms with Crippen LogP contribution in [0.2, 0.25) is 0 Å². The number of rotatable bonds is 7. The Labute approximate surface area is 190 Å². The fraction of sp³-hybridized carbons (Fsp3) is 0.500. The fourth-order valence-corrected chi connectivity index (χ4v) is 3.99. The Balaban J connectivity index is 2.41. The van der Waals surface area contributed by atoms with Crippen LogP contribution in [0.1, 0.15) is 19.8 Å². The first-order valence-corrected chi connectivity index (χ1v) is 10.9. The van der Waals surface area contributed by atoms with Crippen molar-refractivity contribution in [2.45, 2.75) is 43.9 Å². The molecule has 0 saturated carbocycles. The zero-order chi connectivity index (χ0) is 23.8. The molecule has 2 rings (SSSR count). The first kappa shape index (κ1) is 25.5. The van der Waals surface area contributed by atoms with Gasteiger partial charge in [-0.2, -0.15) is 0 Å². The first-order chi connectivity index (χ1) is 15.1. The van der Waals surface area contributed by atoms with Crippen LogP contribution in [-0.4, -0.2) is 66.1 Å². The number of likely N-dealkylation sites (tertiary alicyclic amines) is 2. The number of hydrogen-bond acceptors (Lipinski definition) is 9. The maximum absolute atomic E-state index is 13.3. The molecule has 0 aliphatic carbocycles. The van der Waals surface area contributed by atoms with Crippen molar-refractivity contribution >= 4 is 5.91 Å². The van der Waals surface area contributed by atoms with Crippen LogP contribution in [0.15, 0.2) is 59.9 Å². The summed E-state index contributed by atoms with van der Waals surface area (Å²) in [4.78, 5) is 17.0. The van der Waals surface area contributed by atoms with Crippen molar-refractivity contribution in [3.8, 4) is 0 Å². The normalized spacial score (nSPS) is 28.5. The summed E-state index contributed by atoms with van der Waals surface area (Å²) in [7, 11) is 0. The van der Waals surface area contributed by atoms with E-state index in [2.05, 4.69) is 11.9 Å². The predicted octanol–water partition coefficient (Wildman–Crippen LogP) is -1.56. The van der Waals surface area contributed by atoms with Gasteiger partial charge in [-0.25, -0.2) is 0 Å². The number of amides is 1. The molecule has 4 atom stereocenters. The van der Waals surface area contributed by atoms with E-state index in [-0.39, 0.29) is 35.6 Å². The van der Waals surface area contributed by atoms with Gasteiger partial charge >= 0.3 is 0 Å². The van der Waals surface area contributed by atoms with Gasteiger partial charge in [-0.3, -0.25) is 4.79 Å². The van der Waals surface area contributed by atoms with Crippen LogP contribution in [0.25, 0.3) is 0 Å². The van der Waals surface area contributed by atoms with Gasteiger partial charge in [-0.15, -0.1) is 0 Å². The molecule has 10 nitrogen and oxygen atoms in total. The number of nitrogens with zero attached hydrogens (tertiary/aromatic N) is 2. The smallest absolute Gasteiger partial charge is 0.259 e. The quantitative estimate of drug-likeness (QED) is 0.179. The second kappa shape index (κ2) is 11.7. The van der Waals surface area contributed by atoms with E-state index >= 15 is 0 Å². The fourth-order valence-electron chi connectivity index (χ4n) is 3.99. The van der Waals surface area contributed by atoms with E-state index in [0.717, 1.165) is 6.42 Å². The van der Waals surface area contributed by atoms with Crippen LogP contribution >= 0.6 is 0 Å². The number of nitrogens with two attached hydrogens (primary N) is 6. The number of carbonyl (C=O) groups is 1. The second-order valence-corrected chi connectivity index (χ2v) is 8.50. The van der Waals surface area contributed by atoms with E-state index in [9.17, 15) is 4.79 Å².